The lowest BCUT2D eigenvalue weighted by Crippen LogP contribution is -2.10. The number of hydrogen-bond donors (Lipinski definition) is 1. The highest BCUT2D eigenvalue weighted by Gasteiger charge is 2.25. The predicted molar refractivity (Wildman–Crippen MR) is 130 cm³/mol. The fourth-order valence-electron chi connectivity index (χ4n) is 4.47. The number of nitrogens with two attached hydrogens (primary N) is 1. The van der Waals surface area contributed by atoms with Crippen molar-refractivity contribution >= 4 is 22.4 Å². The molecule has 2 N–H and O–H groups in total. The smallest absolute Gasteiger partial charge is 0.164 e. The summed E-state index contributed by atoms with van der Waals surface area (Å²) >= 11 is 0. The van der Waals surface area contributed by atoms with Crippen molar-refractivity contribution in [1.82, 2.24) is 29.1 Å². The van der Waals surface area contributed by atoms with Crippen LogP contribution in [0.15, 0.2) is 85.5 Å². The zero-order chi connectivity index (χ0) is 23.2. The fraction of sp³-hybridized carbons (Fsp3) is 0.0769. The monoisotopic (exact) mass is 449 g/mol. The average molecular weight is 449 g/mol. The number of anilines is 1. The van der Waals surface area contributed by atoms with E-state index in [1.807, 2.05) is 41.2 Å². The third-order valence-corrected chi connectivity index (χ3v) is 6.05. The van der Waals surface area contributed by atoms with Crippen LogP contribution in [0.4, 0.5) is 10.2 Å². The molecule has 1 aromatic carbocycles. The minimum Gasteiger partial charge on any atom is -0.383 e. The van der Waals surface area contributed by atoms with Gasteiger partial charge >= 0.3 is 0 Å². The van der Waals surface area contributed by atoms with Gasteiger partial charge in [-0.1, -0.05) is 24.3 Å². The Balaban J connectivity index is 1.61. The highest BCUT2D eigenvalue weighted by Crippen LogP contribution is 2.37. The van der Waals surface area contributed by atoms with Crippen molar-refractivity contribution in [3.05, 3.63) is 96.8 Å². The number of nitrogen functional groups attached to an aromatic ring is 1. The van der Waals surface area contributed by atoms with Crippen LogP contribution >= 0.6 is 0 Å². The van der Waals surface area contributed by atoms with Gasteiger partial charge in [0.25, 0.3) is 0 Å². The van der Waals surface area contributed by atoms with Gasteiger partial charge in [0.15, 0.2) is 5.65 Å². The summed E-state index contributed by atoms with van der Waals surface area (Å²) in [5.41, 5.74) is 11.9. The van der Waals surface area contributed by atoms with Gasteiger partial charge in [-0.25, -0.2) is 19.0 Å². The molecular weight excluding hydrogens is 429 g/mol. The van der Waals surface area contributed by atoms with E-state index in [2.05, 4.69) is 38.4 Å². The quantitative estimate of drug-likeness (QED) is 0.403. The SMILES string of the molecule is CC(c1cc2ccccn2c1-c1ccccn1)n1nc(-c2cccc(F)c2)c2c(N)ncnc21. The van der Waals surface area contributed by atoms with Crippen molar-refractivity contribution in [2.75, 3.05) is 5.73 Å². The summed E-state index contributed by atoms with van der Waals surface area (Å²) in [5, 5.41) is 5.48. The molecule has 0 amide bonds. The third-order valence-electron chi connectivity index (χ3n) is 6.05. The molecule has 5 aromatic heterocycles. The summed E-state index contributed by atoms with van der Waals surface area (Å²) in [6.45, 7) is 2.06. The van der Waals surface area contributed by atoms with Gasteiger partial charge in [0.05, 0.1) is 22.8 Å². The molecule has 8 heteroatoms. The molecule has 34 heavy (non-hydrogen) atoms. The Morgan fingerprint density at radius 1 is 0.941 bits per heavy atom. The van der Waals surface area contributed by atoms with Crippen LogP contribution in [-0.2, 0) is 0 Å². The molecule has 0 fully saturated rings. The van der Waals surface area contributed by atoms with E-state index >= 15 is 0 Å². The van der Waals surface area contributed by atoms with Crippen LogP contribution in [0.1, 0.15) is 18.5 Å². The van der Waals surface area contributed by atoms with Gasteiger partial charge in [0.1, 0.15) is 23.7 Å². The first-order valence-corrected chi connectivity index (χ1v) is 10.9. The highest BCUT2D eigenvalue weighted by atomic mass is 19.1. The van der Waals surface area contributed by atoms with Gasteiger partial charge in [-0.15, -0.1) is 0 Å². The standard InChI is InChI=1S/C26H20FN7/c1-16(20-14-19-9-3-5-12-33(19)24(20)21-10-2-4-11-29-21)34-26-22(25(28)30-15-31-26)23(32-34)17-7-6-8-18(27)13-17/h2-16H,1H3,(H2,28,30,31). The zero-order valence-electron chi connectivity index (χ0n) is 18.3. The van der Waals surface area contributed by atoms with Crippen LogP contribution < -0.4 is 5.73 Å². The van der Waals surface area contributed by atoms with Gasteiger partial charge in [-0.05, 0) is 49.4 Å². The summed E-state index contributed by atoms with van der Waals surface area (Å²) in [7, 11) is 0. The number of fused-ring (bicyclic) bond motifs is 2. The maximum atomic E-state index is 14.0. The molecule has 0 saturated carbocycles. The van der Waals surface area contributed by atoms with Gasteiger partial charge in [-0.3, -0.25) is 4.98 Å². The van der Waals surface area contributed by atoms with E-state index in [9.17, 15) is 4.39 Å². The summed E-state index contributed by atoms with van der Waals surface area (Å²) in [5.74, 6) is -0.0468. The Morgan fingerprint density at radius 2 is 1.82 bits per heavy atom. The molecule has 0 spiro atoms. The lowest BCUT2D eigenvalue weighted by molar-refractivity contribution is 0.582. The molecule has 6 rings (SSSR count). The Hall–Kier alpha value is -4.59. The van der Waals surface area contributed by atoms with Gasteiger partial charge in [0.2, 0.25) is 0 Å². The van der Waals surface area contributed by atoms with Crippen molar-refractivity contribution in [3.8, 4) is 22.6 Å². The van der Waals surface area contributed by atoms with E-state index in [-0.39, 0.29) is 11.9 Å². The highest BCUT2D eigenvalue weighted by molar-refractivity contribution is 5.98. The van der Waals surface area contributed by atoms with E-state index in [1.54, 1.807) is 18.3 Å². The molecule has 0 bridgehead atoms. The van der Waals surface area contributed by atoms with Crippen LogP contribution in [0, 0.1) is 5.82 Å². The fourth-order valence-corrected chi connectivity index (χ4v) is 4.47. The molecule has 5 heterocycles. The first-order chi connectivity index (χ1) is 16.6. The lowest BCUT2D eigenvalue weighted by Gasteiger charge is -2.15. The van der Waals surface area contributed by atoms with Crippen LogP contribution in [0.2, 0.25) is 0 Å². The van der Waals surface area contributed by atoms with E-state index in [0.717, 1.165) is 22.5 Å². The molecular formula is C26H20FN7. The first-order valence-electron chi connectivity index (χ1n) is 10.9. The maximum Gasteiger partial charge on any atom is 0.164 e. The number of hydrogen-bond acceptors (Lipinski definition) is 5. The Bertz CT molecular complexity index is 1650. The second kappa shape index (κ2) is 7.77. The Kier molecular flexibility index (Phi) is 4.58. The van der Waals surface area contributed by atoms with Crippen LogP contribution in [-0.4, -0.2) is 29.1 Å². The average Bonchev–Trinajstić information content (AvgIpc) is 3.44. The van der Waals surface area contributed by atoms with E-state index < -0.39 is 0 Å². The lowest BCUT2D eigenvalue weighted by atomic mass is 10.1. The van der Waals surface area contributed by atoms with Crippen LogP contribution in [0.5, 0.6) is 0 Å². The third kappa shape index (κ3) is 3.11. The van der Waals surface area contributed by atoms with Gasteiger partial charge in [0, 0.05) is 29.0 Å². The molecule has 1 unspecified atom stereocenters. The summed E-state index contributed by atoms with van der Waals surface area (Å²) in [4.78, 5) is 13.3. The van der Waals surface area contributed by atoms with Gasteiger partial charge in [-0.2, -0.15) is 5.10 Å². The largest absolute Gasteiger partial charge is 0.383 e. The minimum atomic E-state index is -0.347. The maximum absolute atomic E-state index is 14.0. The van der Waals surface area contributed by atoms with Crippen LogP contribution in [0.25, 0.3) is 39.2 Å². The number of pyridine rings is 2. The molecule has 166 valence electrons. The van der Waals surface area contributed by atoms with Crippen molar-refractivity contribution in [3.63, 3.8) is 0 Å². The van der Waals surface area contributed by atoms with E-state index in [4.69, 9.17) is 10.8 Å². The number of halogens is 1. The number of benzene rings is 1. The van der Waals surface area contributed by atoms with E-state index in [0.29, 0.717) is 28.1 Å². The second-order valence-corrected chi connectivity index (χ2v) is 8.10. The van der Waals surface area contributed by atoms with E-state index in [1.165, 1.54) is 18.5 Å². The number of rotatable bonds is 4. The van der Waals surface area contributed by atoms with Gasteiger partial charge < -0.3 is 10.1 Å². The first kappa shape index (κ1) is 20.0. The summed E-state index contributed by atoms with van der Waals surface area (Å²) < 4.78 is 18.0. The molecule has 0 aliphatic heterocycles. The van der Waals surface area contributed by atoms with Crippen molar-refractivity contribution in [2.45, 2.75) is 13.0 Å². The molecule has 0 radical (unpaired) electrons. The zero-order valence-corrected chi connectivity index (χ0v) is 18.3. The topological polar surface area (TPSA) is 86.9 Å². The molecule has 0 aliphatic rings. The predicted octanol–water partition coefficient (Wildman–Crippen LogP) is 5.14. The Morgan fingerprint density at radius 3 is 2.65 bits per heavy atom. The second-order valence-electron chi connectivity index (χ2n) is 8.10. The van der Waals surface area contributed by atoms with Crippen LogP contribution in [0.3, 0.4) is 0 Å². The molecule has 0 saturated heterocycles. The summed E-state index contributed by atoms with van der Waals surface area (Å²) in [6.07, 6.45) is 5.23. The minimum absolute atomic E-state index is 0.226. The van der Waals surface area contributed by atoms with Crippen molar-refractivity contribution in [2.24, 2.45) is 0 Å². The number of aromatic nitrogens is 6. The molecule has 0 aliphatic carbocycles. The molecule has 1 atom stereocenters. The normalized spacial score (nSPS) is 12.4. The van der Waals surface area contributed by atoms with Crippen molar-refractivity contribution < 1.29 is 4.39 Å². The number of nitrogens with zero attached hydrogens (tertiary/aromatic N) is 6. The Labute approximate surface area is 194 Å². The van der Waals surface area contributed by atoms with Crippen molar-refractivity contribution in [1.29, 1.82) is 0 Å². The summed E-state index contributed by atoms with van der Waals surface area (Å²) in [6, 6.07) is 20.1. The molecule has 7 nitrogen and oxygen atoms in total. The molecule has 6 aromatic rings.